The number of aryl methyl sites for hydroxylation is 1. The van der Waals surface area contributed by atoms with Gasteiger partial charge in [-0.1, -0.05) is 6.92 Å². The number of urea groups is 1. The van der Waals surface area contributed by atoms with Gasteiger partial charge in [0.15, 0.2) is 0 Å². The van der Waals surface area contributed by atoms with Crippen LogP contribution in [0.1, 0.15) is 24.0 Å². The number of aliphatic carboxylic acids is 1. The zero-order valence-corrected chi connectivity index (χ0v) is 11.2. The number of thiazole rings is 1. The monoisotopic (exact) mass is 271 g/mol. The number of carbonyl (C=O) groups excluding carboxylic acids is 1. The predicted molar refractivity (Wildman–Crippen MR) is 68.5 cm³/mol. The maximum atomic E-state index is 11.4. The highest BCUT2D eigenvalue weighted by Gasteiger charge is 2.10. The van der Waals surface area contributed by atoms with E-state index in [0.717, 1.165) is 10.7 Å². The number of rotatable bonds is 6. The van der Waals surface area contributed by atoms with Crippen molar-refractivity contribution in [3.63, 3.8) is 0 Å². The van der Waals surface area contributed by atoms with E-state index in [1.54, 1.807) is 6.92 Å². The molecule has 18 heavy (non-hydrogen) atoms. The third-order valence-electron chi connectivity index (χ3n) is 2.38. The molecule has 1 unspecified atom stereocenters. The van der Waals surface area contributed by atoms with Crippen LogP contribution in [0.2, 0.25) is 0 Å². The smallest absolute Gasteiger partial charge is 0.315 e. The Labute approximate surface area is 109 Å². The fourth-order valence-electron chi connectivity index (χ4n) is 1.25. The molecule has 3 N–H and O–H groups in total. The zero-order valence-electron chi connectivity index (χ0n) is 10.4. The molecule has 0 saturated heterocycles. The summed E-state index contributed by atoms with van der Waals surface area (Å²) in [4.78, 5) is 26.1. The van der Waals surface area contributed by atoms with Crippen molar-refractivity contribution in [3.8, 4) is 0 Å². The highest BCUT2D eigenvalue weighted by atomic mass is 32.1. The number of nitrogens with zero attached hydrogens (tertiary/aromatic N) is 1. The third kappa shape index (κ3) is 5.13. The van der Waals surface area contributed by atoms with Gasteiger partial charge in [0.25, 0.3) is 0 Å². The lowest BCUT2D eigenvalue weighted by molar-refractivity contribution is -0.141. The van der Waals surface area contributed by atoms with Crippen LogP contribution in [0, 0.1) is 12.8 Å². The second-order valence-corrected chi connectivity index (χ2v) is 5.06. The van der Waals surface area contributed by atoms with E-state index in [1.165, 1.54) is 11.3 Å². The van der Waals surface area contributed by atoms with E-state index in [1.807, 2.05) is 12.3 Å². The van der Waals surface area contributed by atoms with E-state index in [0.29, 0.717) is 19.5 Å². The van der Waals surface area contributed by atoms with Crippen molar-refractivity contribution in [1.82, 2.24) is 15.6 Å². The summed E-state index contributed by atoms with van der Waals surface area (Å²) in [7, 11) is 0. The van der Waals surface area contributed by atoms with E-state index in [-0.39, 0.29) is 6.03 Å². The van der Waals surface area contributed by atoms with Crippen LogP contribution in [0.4, 0.5) is 4.79 Å². The molecule has 1 rings (SSSR count). The predicted octanol–water partition coefficient (Wildman–Crippen LogP) is 1.36. The van der Waals surface area contributed by atoms with Crippen LogP contribution < -0.4 is 10.6 Å². The molecule has 100 valence electrons. The fraction of sp³-hybridized carbons (Fsp3) is 0.545. The van der Waals surface area contributed by atoms with Crippen LogP contribution in [-0.2, 0) is 11.3 Å². The van der Waals surface area contributed by atoms with Crippen LogP contribution in [0.5, 0.6) is 0 Å². The summed E-state index contributed by atoms with van der Waals surface area (Å²) < 4.78 is 0. The molecule has 7 heteroatoms. The molecule has 1 aromatic rings. The molecule has 0 aliphatic heterocycles. The zero-order chi connectivity index (χ0) is 13.5. The average molecular weight is 271 g/mol. The maximum absolute atomic E-state index is 11.4. The Kier molecular flexibility index (Phi) is 5.57. The Balaban J connectivity index is 2.16. The van der Waals surface area contributed by atoms with Gasteiger partial charge in [-0.25, -0.2) is 9.78 Å². The van der Waals surface area contributed by atoms with E-state index < -0.39 is 11.9 Å². The van der Waals surface area contributed by atoms with Crippen molar-refractivity contribution in [3.05, 3.63) is 16.1 Å². The van der Waals surface area contributed by atoms with Gasteiger partial charge >= 0.3 is 12.0 Å². The van der Waals surface area contributed by atoms with Crippen LogP contribution in [0.15, 0.2) is 5.38 Å². The minimum Gasteiger partial charge on any atom is -0.481 e. The summed E-state index contributed by atoms with van der Waals surface area (Å²) in [5.74, 6) is -1.30. The minimum absolute atomic E-state index is 0.307. The largest absolute Gasteiger partial charge is 0.481 e. The summed E-state index contributed by atoms with van der Waals surface area (Å²) >= 11 is 1.53. The molecule has 0 saturated carbocycles. The van der Waals surface area contributed by atoms with E-state index >= 15 is 0 Å². The van der Waals surface area contributed by atoms with E-state index in [2.05, 4.69) is 15.6 Å². The second-order valence-electron chi connectivity index (χ2n) is 4.00. The lowest BCUT2D eigenvalue weighted by Crippen LogP contribution is -2.36. The number of carbonyl (C=O) groups is 2. The van der Waals surface area contributed by atoms with Gasteiger partial charge < -0.3 is 15.7 Å². The molecule has 2 amide bonds. The molecule has 0 bridgehead atoms. The van der Waals surface area contributed by atoms with Gasteiger partial charge in [-0.3, -0.25) is 4.79 Å². The van der Waals surface area contributed by atoms with Crippen LogP contribution in [0.3, 0.4) is 0 Å². The number of carboxylic acid groups (broad SMARTS) is 1. The van der Waals surface area contributed by atoms with Crippen LogP contribution in [-0.4, -0.2) is 28.6 Å². The molecule has 1 heterocycles. The van der Waals surface area contributed by atoms with Gasteiger partial charge in [0.2, 0.25) is 0 Å². The summed E-state index contributed by atoms with van der Waals surface area (Å²) in [5.41, 5.74) is 0.826. The Bertz CT molecular complexity index is 419. The number of amides is 2. The maximum Gasteiger partial charge on any atom is 0.315 e. The average Bonchev–Trinajstić information content (AvgIpc) is 2.72. The number of hydrogen-bond donors (Lipinski definition) is 3. The highest BCUT2D eigenvalue weighted by molar-refractivity contribution is 7.09. The minimum atomic E-state index is -0.852. The van der Waals surface area contributed by atoms with Crippen molar-refractivity contribution in [1.29, 1.82) is 0 Å². The first kappa shape index (κ1) is 14.4. The summed E-state index contributed by atoms with van der Waals surface area (Å²) in [6.07, 6.45) is 0.415. The van der Waals surface area contributed by atoms with Crippen molar-refractivity contribution in [2.75, 3.05) is 6.54 Å². The van der Waals surface area contributed by atoms with E-state index in [9.17, 15) is 9.59 Å². The molecule has 1 aromatic heterocycles. The van der Waals surface area contributed by atoms with Gasteiger partial charge in [-0.15, -0.1) is 11.3 Å². The second kappa shape index (κ2) is 6.95. The van der Waals surface area contributed by atoms with Crippen LogP contribution in [0.25, 0.3) is 0 Å². The Morgan fingerprint density at radius 3 is 2.78 bits per heavy atom. The number of hydrogen-bond acceptors (Lipinski definition) is 4. The Hall–Kier alpha value is -1.63. The molecule has 1 atom stereocenters. The Morgan fingerprint density at radius 1 is 1.50 bits per heavy atom. The topological polar surface area (TPSA) is 91.3 Å². The fourth-order valence-corrected chi connectivity index (χ4v) is 1.86. The van der Waals surface area contributed by atoms with Gasteiger partial charge in [-0.2, -0.15) is 0 Å². The van der Waals surface area contributed by atoms with Gasteiger partial charge in [-0.05, 0) is 13.3 Å². The third-order valence-corrected chi connectivity index (χ3v) is 3.20. The number of nitrogens with one attached hydrogen (secondary N) is 2. The summed E-state index contributed by atoms with van der Waals surface area (Å²) in [5, 5.41) is 16.8. The molecular weight excluding hydrogens is 254 g/mol. The summed E-state index contributed by atoms with van der Waals surface area (Å²) in [6, 6.07) is -0.307. The first-order valence-corrected chi connectivity index (χ1v) is 6.52. The molecule has 0 spiro atoms. The molecule has 0 radical (unpaired) electrons. The molecular formula is C11H17N3O3S. The van der Waals surface area contributed by atoms with Crippen molar-refractivity contribution >= 4 is 23.3 Å². The molecule has 0 aliphatic carbocycles. The molecule has 0 fully saturated rings. The van der Waals surface area contributed by atoms with Crippen molar-refractivity contribution < 1.29 is 14.7 Å². The molecule has 0 aromatic carbocycles. The standard InChI is InChI=1S/C11H17N3O3S/c1-7(10(15)16)3-4-12-11(17)13-5-9-6-18-8(2)14-9/h6-7H,3-5H2,1-2H3,(H,15,16)(H2,12,13,17). The van der Waals surface area contributed by atoms with Crippen molar-refractivity contribution in [2.45, 2.75) is 26.8 Å². The summed E-state index contributed by atoms with van der Waals surface area (Å²) in [6.45, 7) is 4.24. The first-order valence-electron chi connectivity index (χ1n) is 5.64. The van der Waals surface area contributed by atoms with Crippen molar-refractivity contribution in [2.24, 2.45) is 5.92 Å². The van der Waals surface area contributed by atoms with Crippen LogP contribution >= 0.6 is 11.3 Å². The van der Waals surface area contributed by atoms with Gasteiger partial charge in [0, 0.05) is 11.9 Å². The van der Waals surface area contributed by atoms with Gasteiger partial charge in [0.05, 0.1) is 23.2 Å². The normalized spacial score (nSPS) is 11.9. The lowest BCUT2D eigenvalue weighted by atomic mass is 10.1. The molecule has 0 aliphatic rings. The molecule has 6 nitrogen and oxygen atoms in total. The first-order chi connectivity index (χ1) is 8.49. The number of aromatic nitrogens is 1. The SMILES string of the molecule is Cc1nc(CNC(=O)NCCC(C)C(=O)O)cs1. The van der Waals surface area contributed by atoms with E-state index in [4.69, 9.17) is 5.11 Å². The highest BCUT2D eigenvalue weighted by Crippen LogP contribution is 2.07. The Morgan fingerprint density at radius 2 is 2.22 bits per heavy atom. The quantitative estimate of drug-likeness (QED) is 0.728. The van der Waals surface area contributed by atoms with Gasteiger partial charge in [0.1, 0.15) is 0 Å². The lowest BCUT2D eigenvalue weighted by Gasteiger charge is -2.08. The number of carboxylic acids is 1.